The molecule has 0 aromatic heterocycles. The fourth-order valence-corrected chi connectivity index (χ4v) is 0.753. The van der Waals surface area contributed by atoms with Gasteiger partial charge in [0.1, 0.15) is 0 Å². The first-order chi connectivity index (χ1) is 5.91. The van der Waals surface area contributed by atoms with E-state index < -0.39 is 5.41 Å². The van der Waals surface area contributed by atoms with Crippen molar-refractivity contribution in [2.45, 2.75) is 33.6 Å². The summed E-state index contributed by atoms with van der Waals surface area (Å²) in [4.78, 5) is 22.4. The SMILES string of the molecule is CC(C)(C)C(=O)NNC(=O)C1CC1. The average molecular weight is 184 g/mol. The second-order valence-corrected chi connectivity index (χ2v) is 4.47. The highest BCUT2D eigenvalue weighted by atomic mass is 16.2. The summed E-state index contributed by atoms with van der Waals surface area (Å²) in [5.41, 5.74) is 4.36. The molecular weight excluding hydrogens is 168 g/mol. The van der Waals surface area contributed by atoms with Crippen molar-refractivity contribution in [3.8, 4) is 0 Å². The number of nitrogens with one attached hydrogen (secondary N) is 2. The molecule has 1 saturated carbocycles. The summed E-state index contributed by atoms with van der Waals surface area (Å²) in [6.07, 6.45) is 1.88. The predicted molar refractivity (Wildman–Crippen MR) is 48.5 cm³/mol. The second kappa shape index (κ2) is 3.36. The second-order valence-electron chi connectivity index (χ2n) is 4.47. The summed E-state index contributed by atoms with van der Waals surface area (Å²) in [7, 11) is 0. The molecule has 0 aliphatic heterocycles. The number of rotatable bonds is 1. The van der Waals surface area contributed by atoms with Gasteiger partial charge in [0.2, 0.25) is 11.8 Å². The number of hydrogen-bond donors (Lipinski definition) is 2. The summed E-state index contributed by atoms with van der Waals surface area (Å²) in [5.74, 6) is -0.112. The van der Waals surface area contributed by atoms with Crippen LogP contribution in [-0.2, 0) is 9.59 Å². The Morgan fingerprint density at radius 1 is 1.15 bits per heavy atom. The van der Waals surface area contributed by atoms with Crippen LogP contribution in [0.3, 0.4) is 0 Å². The zero-order chi connectivity index (χ0) is 10.1. The molecule has 0 unspecified atom stereocenters. The van der Waals surface area contributed by atoms with Crippen molar-refractivity contribution in [3.05, 3.63) is 0 Å². The molecule has 13 heavy (non-hydrogen) atoms. The lowest BCUT2D eigenvalue weighted by Gasteiger charge is -2.17. The molecule has 0 radical (unpaired) electrons. The summed E-state index contributed by atoms with van der Waals surface area (Å²) in [6.45, 7) is 5.39. The van der Waals surface area contributed by atoms with E-state index in [4.69, 9.17) is 0 Å². The van der Waals surface area contributed by atoms with Crippen LogP contribution in [0.25, 0.3) is 0 Å². The fraction of sp³-hybridized carbons (Fsp3) is 0.778. The van der Waals surface area contributed by atoms with Gasteiger partial charge >= 0.3 is 0 Å². The molecule has 74 valence electrons. The van der Waals surface area contributed by atoms with Crippen molar-refractivity contribution in [1.82, 2.24) is 10.9 Å². The molecule has 1 fully saturated rings. The standard InChI is InChI=1S/C9H16N2O2/c1-9(2,3)8(13)11-10-7(12)6-4-5-6/h6H,4-5H2,1-3H3,(H,10,12)(H,11,13). The zero-order valence-electron chi connectivity index (χ0n) is 8.31. The molecule has 4 nitrogen and oxygen atoms in total. The maximum absolute atomic E-state index is 11.3. The van der Waals surface area contributed by atoms with Gasteiger partial charge in [-0.3, -0.25) is 20.4 Å². The van der Waals surface area contributed by atoms with Gasteiger partial charge in [-0.05, 0) is 12.8 Å². The molecule has 0 aromatic rings. The first kappa shape index (κ1) is 10.0. The molecule has 0 saturated heterocycles. The van der Waals surface area contributed by atoms with E-state index in [0.717, 1.165) is 12.8 Å². The lowest BCUT2D eigenvalue weighted by Crippen LogP contribution is -2.47. The van der Waals surface area contributed by atoms with Crippen LogP contribution in [0, 0.1) is 11.3 Å². The van der Waals surface area contributed by atoms with Gasteiger partial charge in [-0.2, -0.15) is 0 Å². The summed E-state index contributed by atoms with van der Waals surface area (Å²) >= 11 is 0. The largest absolute Gasteiger partial charge is 0.273 e. The molecule has 2 N–H and O–H groups in total. The number of carbonyl (C=O) groups is 2. The van der Waals surface area contributed by atoms with Gasteiger partial charge in [-0.1, -0.05) is 20.8 Å². The van der Waals surface area contributed by atoms with Crippen LogP contribution in [0.15, 0.2) is 0 Å². The van der Waals surface area contributed by atoms with Crippen LogP contribution in [0.4, 0.5) is 0 Å². The molecule has 1 rings (SSSR count). The lowest BCUT2D eigenvalue weighted by atomic mass is 9.96. The van der Waals surface area contributed by atoms with Gasteiger partial charge in [0.15, 0.2) is 0 Å². The topological polar surface area (TPSA) is 58.2 Å². The van der Waals surface area contributed by atoms with E-state index >= 15 is 0 Å². The minimum absolute atomic E-state index is 0.0717. The molecule has 1 aliphatic rings. The molecule has 0 aromatic carbocycles. The molecule has 2 amide bonds. The van der Waals surface area contributed by atoms with E-state index in [9.17, 15) is 9.59 Å². The quantitative estimate of drug-likeness (QED) is 0.586. The third-order valence-electron chi connectivity index (χ3n) is 1.93. The van der Waals surface area contributed by atoms with Crippen LogP contribution < -0.4 is 10.9 Å². The number of hydrazine groups is 1. The average Bonchev–Trinajstić information content (AvgIpc) is 2.79. The third-order valence-corrected chi connectivity index (χ3v) is 1.93. The minimum atomic E-state index is -0.461. The predicted octanol–water partition coefficient (Wildman–Crippen LogP) is 0.590. The minimum Gasteiger partial charge on any atom is -0.273 e. The first-order valence-corrected chi connectivity index (χ1v) is 4.51. The van der Waals surface area contributed by atoms with Crippen molar-refractivity contribution < 1.29 is 9.59 Å². The van der Waals surface area contributed by atoms with Gasteiger partial charge in [0, 0.05) is 11.3 Å². The summed E-state index contributed by atoms with van der Waals surface area (Å²) in [6, 6.07) is 0. The van der Waals surface area contributed by atoms with Gasteiger partial charge in [0.25, 0.3) is 0 Å². The van der Waals surface area contributed by atoms with Crippen molar-refractivity contribution in [2.24, 2.45) is 11.3 Å². The number of amides is 2. The van der Waals surface area contributed by atoms with E-state index in [-0.39, 0.29) is 17.7 Å². The number of carbonyl (C=O) groups excluding carboxylic acids is 2. The van der Waals surface area contributed by atoms with Crippen LogP contribution in [0.1, 0.15) is 33.6 Å². The monoisotopic (exact) mass is 184 g/mol. The zero-order valence-corrected chi connectivity index (χ0v) is 8.31. The fourth-order valence-electron chi connectivity index (χ4n) is 0.753. The summed E-state index contributed by atoms with van der Waals surface area (Å²) in [5, 5.41) is 0. The Hall–Kier alpha value is -1.06. The molecule has 4 heteroatoms. The lowest BCUT2D eigenvalue weighted by molar-refractivity contribution is -0.134. The van der Waals surface area contributed by atoms with E-state index in [2.05, 4.69) is 10.9 Å². The van der Waals surface area contributed by atoms with Crippen molar-refractivity contribution >= 4 is 11.8 Å². The Morgan fingerprint density at radius 2 is 1.69 bits per heavy atom. The van der Waals surface area contributed by atoms with E-state index in [1.165, 1.54) is 0 Å². The maximum Gasteiger partial charge on any atom is 0.243 e. The number of hydrogen-bond acceptors (Lipinski definition) is 2. The molecule has 0 spiro atoms. The Balaban J connectivity index is 2.25. The van der Waals surface area contributed by atoms with Gasteiger partial charge in [-0.25, -0.2) is 0 Å². The van der Waals surface area contributed by atoms with Crippen molar-refractivity contribution in [1.29, 1.82) is 0 Å². The Morgan fingerprint density at radius 3 is 2.08 bits per heavy atom. The normalized spacial score (nSPS) is 16.5. The highest BCUT2D eigenvalue weighted by Crippen LogP contribution is 2.28. The first-order valence-electron chi connectivity index (χ1n) is 4.51. The van der Waals surface area contributed by atoms with E-state index in [1.807, 2.05) is 0 Å². The van der Waals surface area contributed by atoms with Crippen molar-refractivity contribution in [2.75, 3.05) is 0 Å². The van der Waals surface area contributed by atoms with E-state index in [0.29, 0.717) is 0 Å². The highest BCUT2D eigenvalue weighted by Gasteiger charge is 2.30. The maximum atomic E-state index is 11.3. The van der Waals surface area contributed by atoms with Crippen LogP contribution in [-0.4, -0.2) is 11.8 Å². The molecule has 0 bridgehead atoms. The molecule has 0 atom stereocenters. The highest BCUT2D eigenvalue weighted by molar-refractivity contribution is 5.86. The van der Waals surface area contributed by atoms with Gasteiger partial charge in [0.05, 0.1) is 0 Å². The Bertz CT molecular complexity index is 226. The Labute approximate surface area is 78.0 Å². The van der Waals surface area contributed by atoms with Gasteiger partial charge < -0.3 is 0 Å². The van der Waals surface area contributed by atoms with Crippen LogP contribution in [0.5, 0.6) is 0 Å². The molecular formula is C9H16N2O2. The van der Waals surface area contributed by atoms with Crippen LogP contribution >= 0.6 is 0 Å². The third kappa shape index (κ3) is 3.05. The van der Waals surface area contributed by atoms with Gasteiger partial charge in [-0.15, -0.1) is 0 Å². The van der Waals surface area contributed by atoms with Crippen LogP contribution in [0.2, 0.25) is 0 Å². The Kier molecular flexibility index (Phi) is 2.59. The molecule has 1 aliphatic carbocycles. The smallest absolute Gasteiger partial charge is 0.243 e. The van der Waals surface area contributed by atoms with E-state index in [1.54, 1.807) is 20.8 Å². The summed E-state index contributed by atoms with van der Waals surface area (Å²) < 4.78 is 0. The molecule has 0 heterocycles. The van der Waals surface area contributed by atoms with Crippen molar-refractivity contribution in [3.63, 3.8) is 0 Å².